The lowest BCUT2D eigenvalue weighted by Crippen LogP contribution is -2.54. The minimum atomic E-state index is -3.89. The zero-order chi connectivity index (χ0) is 38.3. The number of nitrogens with one attached hydrogen (secondary N) is 3. The summed E-state index contributed by atoms with van der Waals surface area (Å²) in [5, 5.41) is 11.4. The van der Waals surface area contributed by atoms with E-state index >= 15 is 0 Å². The van der Waals surface area contributed by atoms with Gasteiger partial charge in [0.25, 0.3) is 11.8 Å². The SMILES string of the molecule is Cn1ccc(C(=O)N[C@@H]2CCCCC/C=C\C3C[C@@]3(C(=O)NS(=O)(=O)C3CC3)NC(=O)[C@@H]3C[C@@H](Oc4nc5ccccc5nc4-c4cccs4)CC3C2=O)n1. The lowest BCUT2D eigenvalue weighted by atomic mass is 9.85. The largest absolute Gasteiger partial charge is 0.473 e. The lowest BCUT2D eigenvalue weighted by Gasteiger charge is -2.26. The van der Waals surface area contributed by atoms with E-state index in [4.69, 9.17) is 14.7 Å². The highest BCUT2D eigenvalue weighted by Crippen LogP contribution is 2.47. The Hall–Kier alpha value is -4.96. The summed E-state index contributed by atoms with van der Waals surface area (Å²) in [7, 11) is -2.19. The van der Waals surface area contributed by atoms with Crippen LogP contribution in [-0.4, -0.2) is 74.6 Å². The average molecular weight is 786 g/mol. The monoisotopic (exact) mass is 785 g/mol. The van der Waals surface area contributed by atoms with E-state index in [-0.39, 0.29) is 36.6 Å². The summed E-state index contributed by atoms with van der Waals surface area (Å²) >= 11 is 1.48. The molecule has 2 unspecified atom stereocenters. The summed E-state index contributed by atoms with van der Waals surface area (Å²) in [6, 6.07) is 11.9. The Morgan fingerprint density at radius 3 is 2.49 bits per heavy atom. The summed E-state index contributed by atoms with van der Waals surface area (Å²) in [5.41, 5.74) is 0.543. The van der Waals surface area contributed by atoms with Crippen molar-refractivity contribution in [2.45, 2.75) is 87.1 Å². The molecule has 55 heavy (non-hydrogen) atoms. The number of nitrogens with zero attached hydrogens (tertiary/aromatic N) is 4. The number of amides is 3. The van der Waals surface area contributed by atoms with Crippen molar-refractivity contribution in [2.75, 3.05) is 0 Å². The Labute approximate surface area is 322 Å². The normalized spacial score (nSPS) is 27.8. The minimum absolute atomic E-state index is 0.111. The van der Waals surface area contributed by atoms with Crippen LogP contribution in [-0.2, 0) is 31.5 Å². The molecule has 3 amide bonds. The number of allylic oxidation sites excluding steroid dienone is 1. The van der Waals surface area contributed by atoms with Crippen molar-refractivity contribution in [2.24, 2.45) is 24.8 Å². The van der Waals surface area contributed by atoms with Crippen molar-refractivity contribution >= 4 is 55.9 Å². The highest BCUT2D eigenvalue weighted by molar-refractivity contribution is 7.91. The number of ketones is 1. The van der Waals surface area contributed by atoms with Crippen LogP contribution in [0.25, 0.3) is 21.6 Å². The Kier molecular flexibility index (Phi) is 10.0. The van der Waals surface area contributed by atoms with Gasteiger partial charge in [-0.2, -0.15) is 5.10 Å². The number of sulfonamides is 1. The first-order valence-corrected chi connectivity index (χ1v) is 21.3. The molecule has 4 aliphatic rings. The molecule has 3 saturated carbocycles. The van der Waals surface area contributed by atoms with Crippen LogP contribution in [0.4, 0.5) is 0 Å². The van der Waals surface area contributed by atoms with Gasteiger partial charge in [-0.05, 0) is 81.0 Å². The van der Waals surface area contributed by atoms with Crippen molar-refractivity contribution in [3.63, 3.8) is 0 Å². The molecule has 1 aliphatic heterocycles. The van der Waals surface area contributed by atoms with Crippen LogP contribution in [0.5, 0.6) is 5.88 Å². The van der Waals surface area contributed by atoms with Gasteiger partial charge in [0.15, 0.2) is 5.78 Å². The maximum absolute atomic E-state index is 14.7. The van der Waals surface area contributed by atoms with Crippen LogP contribution in [0, 0.1) is 17.8 Å². The van der Waals surface area contributed by atoms with Gasteiger partial charge in [0, 0.05) is 25.1 Å². The van der Waals surface area contributed by atoms with E-state index in [1.807, 2.05) is 53.9 Å². The fourth-order valence-corrected chi connectivity index (χ4v) is 9.90. The number of Topliss-reactive ketones (excluding diaryl/α,β-unsaturated/α-hetero) is 1. The quantitative estimate of drug-likeness (QED) is 0.218. The van der Waals surface area contributed by atoms with Crippen LogP contribution in [0.15, 0.2) is 66.2 Å². The standard InChI is InChI=1S/C39H43N7O7S2/c1-46-18-17-31(44-46)36(49)41-30-13-6-4-2-3-5-10-23-22-39(23,38(50)45-55(51,52)25-15-16-25)43-35(48)27-21-24(20-26(27)34(30)47)53-37-33(32-14-9-19-54-32)40-28-11-7-8-12-29(28)42-37/h5,7-12,14,17-19,23-27,30H,2-4,6,13,15-16,20-22H2,1H3,(H,41,49)(H,43,48)(H,45,50)/b10-5-/t23?,24-,26?,27+,30+,39+/m0/s1. The summed E-state index contributed by atoms with van der Waals surface area (Å²) in [5.74, 6) is -4.11. The first-order chi connectivity index (χ1) is 26.5. The number of aromatic nitrogens is 4. The zero-order valence-electron chi connectivity index (χ0n) is 30.3. The number of fused-ring (bicyclic) bond motifs is 3. The average Bonchev–Trinajstić information content (AvgIpc) is 3.94. The van der Waals surface area contributed by atoms with Gasteiger partial charge in [0.2, 0.25) is 21.8 Å². The fraction of sp³-hybridized carbons (Fsp3) is 0.462. The molecule has 4 aromatic rings. The van der Waals surface area contributed by atoms with E-state index < -0.39 is 68.4 Å². The van der Waals surface area contributed by atoms with Crippen LogP contribution in [0.2, 0.25) is 0 Å². The molecule has 3 N–H and O–H groups in total. The maximum Gasteiger partial charge on any atom is 0.272 e. The molecule has 3 fully saturated rings. The third-order valence-electron chi connectivity index (χ3n) is 11.1. The molecule has 6 atom stereocenters. The number of hydrogen-bond acceptors (Lipinski definition) is 11. The Morgan fingerprint density at radius 2 is 1.76 bits per heavy atom. The Balaban J connectivity index is 1.12. The number of ether oxygens (including phenoxy) is 1. The number of hydrogen-bond donors (Lipinski definition) is 3. The lowest BCUT2D eigenvalue weighted by molar-refractivity contribution is -0.136. The second kappa shape index (κ2) is 14.9. The van der Waals surface area contributed by atoms with Gasteiger partial charge >= 0.3 is 0 Å². The maximum atomic E-state index is 14.7. The number of rotatable bonds is 8. The van der Waals surface area contributed by atoms with Crippen molar-refractivity contribution in [1.29, 1.82) is 0 Å². The first-order valence-electron chi connectivity index (χ1n) is 18.9. The third kappa shape index (κ3) is 7.79. The summed E-state index contributed by atoms with van der Waals surface area (Å²) in [4.78, 5) is 66.9. The van der Waals surface area contributed by atoms with Gasteiger partial charge in [-0.15, -0.1) is 11.3 Å². The molecule has 288 valence electrons. The van der Waals surface area contributed by atoms with Crippen molar-refractivity contribution < 1.29 is 32.3 Å². The van der Waals surface area contributed by atoms with E-state index in [0.717, 1.165) is 17.7 Å². The van der Waals surface area contributed by atoms with E-state index in [1.54, 1.807) is 19.3 Å². The predicted octanol–water partition coefficient (Wildman–Crippen LogP) is 4.24. The Morgan fingerprint density at radius 1 is 0.982 bits per heavy atom. The molecular weight excluding hydrogens is 743 g/mol. The second-order valence-corrected chi connectivity index (χ2v) is 18.0. The summed E-state index contributed by atoms with van der Waals surface area (Å²) in [6.45, 7) is 0. The molecule has 1 aromatic carbocycles. The second-order valence-electron chi connectivity index (χ2n) is 15.1. The Bertz CT molecular complexity index is 2270. The molecule has 3 aromatic heterocycles. The first kappa shape index (κ1) is 37.0. The molecule has 3 aliphatic carbocycles. The number of carbonyl (C=O) groups is 4. The number of aryl methyl sites for hydroxylation is 1. The number of thiophene rings is 1. The molecule has 4 heterocycles. The molecule has 16 heteroatoms. The molecule has 0 bridgehead atoms. The van der Waals surface area contributed by atoms with Gasteiger partial charge in [0.05, 0.1) is 33.1 Å². The summed E-state index contributed by atoms with van der Waals surface area (Å²) < 4.78 is 36.1. The minimum Gasteiger partial charge on any atom is -0.473 e. The van der Waals surface area contributed by atoms with E-state index in [2.05, 4.69) is 20.5 Å². The van der Waals surface area contributed by atoms with Crippen LogP contribution >= 0.6 is 11.3 Å². The molecular formula is C39H43N7O7S2. The summed E-state index contributed by atoms with van der Waals surface area (Å²) in [6.07, 6.45) is 9.59. The highest BCUT2D eigenvalue weighted by atomic mass is 32.2. The van der Waals surface area contributed by atoms with Crippen molar-refractivity contribution in [3.8, 4) is 16.5 Å². The molecule has 0 spiro atoms. The number of benzene rings is 1. The van der Waals surface area contributed by atoms with Crippen LogP contribution in [0.3, 0.4) is 0 Å². The van der Waals surface area contributed by atoms with Crippen molar-refractivity contribution in [1.82, 2.24) is 35.1 Å². The number of carbonyl (C=O) groups excluding carboxylic acids is 4. The van der Waals surface area contributed by atoms with E-state index in [0.29, 0.717) is 48.8 Å². The van der Waals surface area contributed by atoms with Crippen molar-refractivity contribution in [3.05, 3.63) is 71.9 Å². The fourth-order valence-electron chi connectivity index (χ4n) is 7.83. The predicted molar refractivity (Wildman–Crippen MR) is 204 cm³/mol. The van der Waals surface area contributed by atoms with Gasteiger partial charge in [0.1, 0.15) is 23.0 Å². The third-order valence-corrected chi connectivity index (χ3v) is 13.8. The molecule has 0 saturated heterocycles. The van der Waals surface area contributed by atoms with Gasteiger partial charge < -0.3 is 15.4 Å². The van der Waals surface area contributed by atoms with Crippen LogP contribution < -0.4 is 20.1 Å². The van der Waals surface area contributed by atoms with Crippen LogP contribution in [0.1, 0.15) is 74.7 Å². The van der Waals surface area contributed by atoms with E-state index in [1.165, 1.54) is 16.0 Å². The molecule has 8 rings (SSSR count). The smallest absolute Gasteiger partial charge is 0.272 e. The molecule has 14 nitrogen and oxygen atoms in total. The van der Waals surface area contributed by atoms with E-state index in [9.17, 15) is 27.6 Å². The number of para-hydroxylation sites is 2. The van der Waals surface area contributed by atoms with Gasteiger partial charge in [-0.3, -0.25) is 28.6 Å². The highest BCUT2D eigenvalue weighted by Gasteiger charge is 2.62. The zero-order valence-corrected chi connectivity index (χ0v) is 32.0. The van der Waals surface area contributed by atoms with Gasteiger partial charge in [-0.1, -0.05) is 43.2 Å². The topological polar surface area (TPSA) is 191 Å². The molecule has 0 radical (unpaired) electrons. The van der Waals surface area contributed by atoms with Gasteiger partial charge in [-0.25, -0.2) is 18.4 Å².